The van der Waals surface area contributed by atoms with Crippen LogP contribution >= 0.6 is 11.6 Å². The number of rotatable bonds is 7. The Kier molecular flexibility index (Phi) is 6.12. The van der Waals surface area contributed by atoms with Gasteiger partial charge in [0.05, 0.1) is 11.0 Å². The maximum atomic E-state index is 10.6. The largest absolute Gasteiger partial charge is 0.313 e. The van der Waals surface area contributed by atoms with Gasteiger partial charge in [-0.25, -0.2) is 0 Å². The number of nitrogens with one attached hydrogen (secondary N) is 1. The Morgan fingerprint density at radius 2 is 2.22 bits per heavy atom. The molecule has 18 heavy (non-hydrogen) atoms. The van der Waals surface area contributed by atoms with E-state index >= 15 is 0 Å². The maximum absolute atomic E-state index is 10.6. The SMILES string of the molecule is N#CCCCCNCc1cc([N+](=O)[O-])ccc1Cl. The summed E-state index contributed by atoms with van der Waals surface area (Å²) in [7, 11) is 0. The molecule has 0 aromatic heterocycles. The zero-order valence-electron chi connectivity index (χ0n) is 9.86. The Balaban J connectivity index is 2.44. The van der Waals surface area contributed by atoms with Crippen LogP contribution in [0.5, 0.6) is 0 Å². The number of benzene rings is 1. The molecule has 6 heteroatoms. The molecule has 0 heterocycles. The quantitative estimate of drug-likeness (QED) is 0.468. The van der Waals surface area contributed by atoms with E-state index in [9.17, 15) is 10.1 Å². The number of nitro benzene ring substituents is 1. The lowest BCUT2D eigenvalue weighted by atomic mass is 10.2. The van der Waals surface area contributed by atoms with E-state index in [1.165, 1.54) is 18.2 Å². The summed E-state index contributed by atoms with van der Waals surface area (Å²) in [5.74, 6) is 0. The van der Waals surface area contributed by atoms with Gasteiger partial charge in [0.1, 0.15) is 0 Å². The first-order chi connectivity index (χ1) is 8.65. The first kappa shape index (κ1) is 14.4. The molecular formula is C12H14ClN3O2. The number of halogens is 1. The van der Waals surface area contributed by atoms with Crippen molar-refractivity contribution in [2.24, 2.45) is 0 Å². The van der Waals surface area contributed by atoms with Crippen LogP contribution < -0.4 is 5.32 Å². The van der Waals surface area contributed by atoms with Crippen LogP contribution in [0.2, 0.25) is 5.02 Å². The second-order valence-corrected chi connectivity index (χ2v) is 4.23. The molecule has 0 amide bonds. The van der Waals surface area contributed by atoms with Gasteiger partial charge in [0.15, 0.2) is 0 Å². The molecule has 0 aliphatic rings. The minimum atomic E-state index is -0.438. The molecular weight excluding hydrogens is 254 g/mol. The predicted molar refractivity (Wildman–Crippen MR) is 69.3 cm³/mol. The fourth-order valence-corrected chi connectivity index (χ4v) is 1.67. The van der Waals surface area contributed by atoms with Crippen molar-refractivity contribution in [1.29, 1.82) is 5.26 Å². The first-order valence-electron chi connectivity index (χ1n) is 5.65. The Hall–Kier alpha value is -1.64. The van der Waals surface area contributed by atoms with E-state index in [0.29, 0.717) is 23.6 Å². The monoisotopic (exact) mass is 267 g/mol. The van der Waals surface area contributed by atoms with Crippen LogP contribution in [0.25, 0.3) is 0 Å². The molecule has 0 bridgehead atoms. The summed E-state index contributed by atoms with van der Waals surface area (Å²) in [6.45, 7) is 1.26. The minimum absolute atomic E-state index is 0.0423. The Morgan fingerprint density at radius 1 is 1.44 bits per heavy atom. The molecule has 1 N–H and O–H groups in total. The van der Waals surface area contributed by atoms with E-state index in [4.69, 9.17) is 16.9 Å². The van der Waals surface area contributed by atoms with Gasteiger partial charge in [-0.15, -0.1) is 0 Å². The van der Waals surface area contributed by atoms with E-state index in [-0.39, 0.29) is 5.69 Å². The zero-order chi connectivity index (χ0) is 13.4. The predicted octanol–water partition coefficient (Wildman–Crippen LogP) is 3.03. The highest BCUT2D eigenvalue weighted by Gasteiger charge is 2.09. The average molecular weight is 268 g/mol. The topological polar surface area (TPSA) is 79.0 Å². The molecule has 0 spiro atoms. The van der Waals surface area contributed by atoms with Crippen LogP contribution in [-0.4, -0.2) is 11.5 Å². The molecule has 0 radical (unpaired) electrons. The molecule has 96 valence electrons. The summed E-state index contributed by atoms with van der Waals surface area (Å²) in [6.07, 6.45) is 2.31. The summed E-state index contributed by atoms with van der Waals surface area (Å²) in [4.78, 5) is 10.2. The van der Waals surface area contributed by atoms with Crippen LogP contribution in [0.1, 0.15) is 24.8 Å². The average Bonchev–Trinajstić information content (AvgIpc) is 2.35. The summed E-state index contributed by atoms with van der Waals surface area (Å²) in [5.41, 5.74) is 0.756. The molecule has 0 saturated carbocycles. The standard InChI is InChI=1S/C12H14ClN3O2/c13-12-5-4-11(16(17)18)8-10(12)9-15-7-3-1-2-6-14/h4-5,8,15H,1-3,7,9H2. The number of hydrogen-bond acceptors (Lipinski definition) is 4. The molecule has 0 unspecified atom stereocenters. The van der Waals surface area contributed by atoms with E-state index in [0.717, 1.165) is 19.4 Å². The number of hydrogen-bond donors (Lipinski definition) is 1. The van der Waals surface area contributed by atoms with Gasteiger partial charge in [-0.05, 0) is 31.0 Å². The van der Waals surface area contributed by atoms with Crippen molar-refractivity contribution in [3.8, 4) is 6.07 Å². The van der Waals surface area contributed by atoms with Crippen LogP contribution in [0.3, 0.4) is 0 Å². The molecule has 0 fully saturated rings. The van der Waals surface area contributed by atoms with Crippen molar-refractivity contribution in [3.63, 3.8) is 0 Å². The lowest BCUT2D eigenvalue weighted by Gasteiger charge is -2.06. The van der Waals surface area contributed by atoms with Crippen LogP contribution in [0, 0.1) is 21.4 Å². The molecule has 1 aromatic carbocycles. The van der Waals surface area contributed by atoms with E-state index < -0.39 is 4.92 Å². The number of non-ortho nitro benzene ring substituents is 1. The van der Waals surface area contributed by atoms with Gasteiger partial charge >= 0.3 is 0 Å². The van der Waals surface area contributed by atoms with Gasteiger partial charge in [-0.3, -0.25) is 10.1 Å². The lowest BCUT2D eigenvalue weighted by Crippen LogP contribution is -2.15. The minimum Gasteiger partial charge on any atom is -0.313 e. The highest BCUT2D eigenvalue weighted by molar-refractivity contribution is 6.31. The summed E-state index contributed by atoms with van der Waals surface area (Å²) in [6, 6.07) is 6.48. The molecule has 5 nitrogen and oxygen atoms in total. The number of nitro groups is 1. The normalized spacial score (nSPS) is 10.0. The summed E-state index contributed by atoms with van der Waals surface area (Å²) in [5, 5.41) is 22.7. The third-order valence-corrected chi connectivity index (χ3v) is 2.82. The Bertz CT molecular complexity index is 457. The van der Waals surface area contributed by atoms with Gasteiger partial charge in [-0.2, -0.15) is 5.26 Å². The summed E-state index contributed by atoms with van der Waals surface area (Å²) < 4.78 is 0. The van der Waals surface area contributed by atoms with Crippen molar-refractivity contribution in [2.45, 2.75) is 25.8 Å². The molecule has 0 aliphatic carbocycles. The van der Waals surface area contributed by atoms with E-state index in [1.807, 2.05) is 0 Å². The Morgan fingerprint density at radius 3 is 2.89 bits per heavy atom. The third kappa shape index (κ3) is 4.70. The fourth-order valence-electron chi connectivity index (χ4n) is 1.49. The van der Waals surface area contributed by atoms with Crippen LogP contribution in [0.4, 0.5) is 5.69 Å². The zero-order valence-corrected chi connectivity index (χ0v) is 10.6. The number of nitriles is 1. The smallest absolute Gasteiger partial charge is 0.269 e. The number of unbranched alkanes of at least 4 members (excludes halogenated alkanes) is 2. The van der Waals surface area contributed by atoms with E-state index in [2.05, 4.69) is 11.4 Å². The third-order valence-electron chi connectivity index (χ3n) is 2.45. The Labute approximate surface area is 111 Å². The van der Waals surface area contributed by atoms with Crippen LogP contribution in [-0.2, 0) is 6.54 Å². The van der Waals surface area contributed by atoms with Gasteiger partial charge in [0.2, 0.25) is 0 Å². The van der Waals surface area contributed by atoms with Gasteiger partial charge in [0, 0.05) is 30.1 Å². The second kappa shape index (κ2) is 7.64. The van der Waals surface area contributed by atoms with Gasteiger partial charge < -0.3 is 5.32 Å². The second-order valence-electron chi connectivity index (χ2n) is 3.82. The first-order valence-corrected chi connectivity index (χ1v) is 6.03. The van der Waals surface area contributed by atoms with Crippen molar-refractivity contribution in [2.75, 3.05) is 6.54 Å². The van der Waals surface area contributed by atoms with Gasteiger partial charge in [-0.1, -0.05) is 11.6 Å². The molecule has 0 saturated heterocycles. The molecule has 1 rings (SSSR count). The molecule has 0 atom stereocenters. The van der Waals surface area contributed by atoms with E-state index in [1.54, 1.807) is 0 Å². The number of nitrogens with zero attached hydrogens (tertiary/aromatic N) is 2. The summed E-state index contributed by atoms with van der Waals surface area (Å²) >= 11 is 5.96. The highest BCUT2D eigenvalue weighted by Crippen LogP contribution is 2.21. The van der Waals surface area contributed by atoms with Crippen molar-refractivity contribution < 1.29 is 4.92 Å². The highest BCUT2D eigenvalue weighted by atomic mass is 35.5. The van der Waals surface area contributed by atoms with Crippen molar-refractivity contribution in [3.05, 3.63) is 38.9 Å². The molecule has 1 aromatic rings. The van der Waals surface area contributed by atoms with Crippen LogP contribution in [0.15, 0.2) is 18.2 Å². The fraction of sp³-hybridized carbons (Fsp3) is 0.417. The lowest BCUT2D eigenvalue weighted by molar-refractivity contribution is -0.384. The van der Waals surface area contributed by atoms with Crippen molar-refractivity contribution >= 4 is 17.3 Å². The molecule has 0 aliphatic heterocycles. The van der Waals surface area contributed by atoms with Crippen molar-refractivity contribution in [1.82, 2.24) is 5.32 Å². The van der Waals surface area contributed by atoms with Gasteiger partial charge in [0.25, 0.3) is 5.69 Å². The maximum Gasteiger partial charge on any atom is 0.269 e.